The number of allylic oxidation sites excluding steroid dienone is 2. The molecule has 0 spiro atoms. The second-order valence-corrected chi connectivity index (χ2v) is 10.2. The van der Waals surface area contributed by atoms with Crippen LogP contribution in [-0.4, -0.2) is 4.98 Å². The molecule has 4 heteroatoms. The second kappa shape index (κ2) is 18.0. The third kappa shape index (κ3) is 10.7. The van der Waals surface area contributed by atoms with Crippen LogP contribution in [0.4, 0.5) is 0 Å². The topological polar surface area (TPSA) is 31.4 Å². The summed E-state index contributed by atoms with van der Waals surface area (Å²) in [6, 6.07) is 21.6. The van der Waals surface area contributed by atoms with Crippen molar-refractivity contribution in [3.05, 3.63) is 119 Å². The zero-order valence-electron chi connectivity index (χ0n) is 25.8. The van der Waals surface area contributed by atoms with Crippen LogP contribution in [0.2, 0.25) is 5.02 Å². The Morgan fingerprint density at radius 3 is 2.20 bits per heavy atom. The van der Waals surface area contributed by atoms with Gasteiger partial charge in [0.2, 0.25) is 0 Å². The van der Waals surface area contributed by atoms with Crippen LogP contribution in [0.1, 0.15) is 76.8 Å². The van der Waals surface area contributed by atoms with E-state index in [0.717, 1.165) is 45.0 Å². The molecule has 218 valence electrons. The molecule has 0 bridgehead atoms. The summed E-state index contributed by atoms with van der Waals surface area (Å²) in [5.74, 6) is 2.23. The minimum atomic E-state index is 0.376. The summed E-state index contributed by atoms with van der Waals surface area (Å²) in [7, 11) is 0. The molecule has 0 unspecified atom stereocenters. The lowest BCUT2D eigenvalue weighted by Crippen LogP contribution is -2.00. The number of nitrogens with zero attached hydrogens (tertiary/aromatic N) is 1. The van der Waals surface area contributed by atoms with E-state index in [2.05, 4.69) is 64.4 Å². The van der Waals surface area contributed by atoms with Crippen LogP contribution in [0.15, 0.2) is 91.2 Å². The SMILES string of the molecule is C=Cc1c(C)cccc1COc1cccc(OCc2cc3ccc(Cl)cc3cn2)c1.CC.CC/C=C(\CC)C(C)C. The summed E-state index contributed by atoms with van der Waals surface area (Å²) >= 11 is 6.03. The summed E-state index contributed by atoms with van der Waals surface area (Å²) in [6.45, 7) is 19.8. The Hall–Kier alpha value is -3.56. The molecule has 0 fully saturated rings. The van der Waals surface area contributed by atoms with Crippen LogP contribution in [0.25, 0.3) is 16.8 Å². The number of hydrogen-bond donors (Lipinski definition) is 0. The van der Waals surface area contributed by atoms with Crippen molar-refractivity contribution in [2.75, 3.05) is 0 Å². The fraction of sp³-hybridized carbons (Fsp3) is 0.324. The molecular weight excluding hydrogens is 526 g/mol. The summed E-state index contributed by atoms with van der Waals surface area (Å²) < 4.78 is 11.9. The lowest BCUT2D eigenvalue weighted by atomic mass is 10.0. The van der Waals surface area contributed by atoms with Crippen LogP contribution in [-0.2, 0) is 13.2 Å². The van der Waals surface area contributed by atoms with E-state index >= 15 is 0 Å². The molecule has 4 rings (SSSR count). The van der Waals surface area contributed by atoms with Gasteiger partial charge in [-0.15, -0.1) is 0 Å². The molecule has 41 heavy (non-hydrogen) atoms. The van der Waals surface area contributed by atoms with Gasteiger partial charge in [0, 0.05) is 22.7 Å². The van der Waals surface area contributed by atoms with E-state index in [1.165, 1.54) is 18.4 Å². The first-order valence-corrected chi connectivity index (χ1v) is 15.0. The molecule has 1 heterocycles. The monoisotopic (exact) mass is 571 g/mol. The highest BCUT2D eigenvalue weighted by atomic mass is 35.5. The highest BCUT2D eigenvalue weighted by Gasteiger charge is 2.06. The summed E-state index contributed by atoms with van der Waals surface area (Å²) in [5.41, 5.74) is 5.86. The number of ether oxygens (including phenoxy) is 2. The van der Waals surface area contributed by atoms with Crippen LogP contribution >= 0.6 is 11.6 Å². The van der Waals surface area contributed by atoms with Gasteiger partial charge >= 0.3 is 0 Å². The number of halogens is 1. The van der Waals surface area contributed by atoms with Crippen molar-refractivity contribution in [3.63, 3.8) is 0 Å². The number of hydrogen-bond acceptors (Lipinski definition) is 3. The van der Waals surface area contributed by atoms with Gasteiger partial charge < -0.3 is 9.47 Å². The quantitative estimate of drug-likeness (QED) is 0.177. The molecule has 3 nitrogen and oxygen atoms in total. The molecule has 0 atom stereocenters. The standard InChI is InChI=1S/C26H22ClNO2.C9H18.C2H6/c1-3-26-18(2)6-4-7-20(26)16-29-24-8-5-9-25(14-24)30-17-23-13-19-10-11-22(27)12-21(19)15-28-23;1-5-7-9(6-2)8(3)4;1-2/h3-15H,1,16-17H2,2H3;7-8H,5-6H2,1-4H3;1-2H3/b;9-7+;. The first-order valence-electron chi connectivity index (χ1n) is 14.6. The van der Waals surface area contributed by atoms with Crippen molar-refractivity contribution in [3.8, 4) is 11.5 Å². The minimum absolute atomic E-state index is 0.376. The maximum Gasteiger partial charge on any atom is 0.130 e. The average Bonchev–Trinajstić information content (AvgIpc) is 2.99. The average molecular weight is 572 g/mol. The first-order chi connectivity index (χ1) is 19.8. The van der Waals surface area contributed by atoms with Gasteiger partial charge in [-0.25, -0.2) is 0 Å². The van der Waals surface area contributed by atoms with Crippen molar-refractivity contribution in [2.45, 2.75) is 74.5 Å². The lowest BCUT2D eigenvalue weighted by Gasteiger charge is -2.12. The molecule has 0 aliphatic heterocycles. The Bertz CT molecular complexity index is 1410. The van der Waals surface area contributed by atoms with Gasteiger partial charge in [0.25, 0.3) is 0 Å². The maximum absolute atomic E-state index is 6.03. The minimum Gasteiger partial charge on any atom is -0.489 e. The van der Waals surface area contributed by atoms with E-state index in [9.17, 15) is 0 Å². The number of rotatable bonds is 10. The van der Waals surface area contributed by atoms with Gasteiger partial charge in [0.05, 0.1) is 5.69 Å². The maximum atomic E-state index is 6.03. The number of benzene rings is 3. The fourth-order valence-corrected chi connectivity index (χ4v) is 4.60. The van der Waals surface area contributed by atoms with Gasteiger partial charge in [-0.2, -0.15) is 0 Å². The van der Waals surface area contributed by atoms with Gasteiger partial charge in [0.1, 0.15) is 24.7 Å². The van der Waals surface area contributed by atoms with Crippen molar-refractivity contribution in [1.29, 1.82) is 0 Å². The molecular formula is C37H46ClNO2. The number of aryl methyl sites for hydroxylation is 1. The van der Waals surface area contributed by atoms with Crippen molar-refractivity contribution in [1.82, 2.24) is 4.98 Å². The van der Waals surface area contributed by atoms with Gasteiger partial charge in [-0.3, -0.25) is 4.98 Å². The number of aromatic nitrogens is 1. The van der Waals surface area contributed by atoms with E-state index < -0.39 is 0 Å². The largest absolute Gasteiger partial charge is 0.489 e. The van der Waals surface area contributed by atoms with E-state index in [1.54, 1.807) is 5.57 Å². The molecule has 4 aromatic rings. The molecule has 0 aliphatic carbocycles. The van der Waals surface area contributed by atoms with E-state index in [0.29, 0.717) is 18.2 Å². The van der Waals surface area contributed by atoms with Crippen LogP contribution in [0.3, 0.4) is 0 Å². The highest BCUT2D eigenvalue weighted by molar-refractivity contribution is 6.31. The fourth-order valence-electron chi connectivity index (χ4n) is 4.42. The summed E-state index contributed by atoms with van der Waals surface area (Å²) in [6.07, 6.45) is 8.42. The van der Waals surface area contributed by atoms with Gasteiger partial charge in [0.15, 0.2) is 0 Å². The van der Waals surface area contributed by atoms with Crippen molar-refractivity contribution in [2.24, 2.45) is 5.92 Å². The van der Waals surface area contributed by atoms with Crippen molar-refractivity contribution < 1.29 is 9.47 Å². The summed E-state index contributed by atoms with van der Waals surface area (Å²) in [4.78, 5) is 4.46. The lowest BCUT2D eigenvalue weighted by molar-refractivity contribution is 0.287. The Balaban J connectivity index is 0.000000459. The summed E-state index contributed by atoms with van der Waals surface area (Å²) in [5, 5.41) is 2.80. The third-order valence-corrected chi connectivity index (χ3v) is 6.80. The molecule has 0 saturated heterocycles. The predicted octanol–water partition coefficient (Wildman–Crippen LogP) is 11.4. The zero-order chi connectivity index (χ0) is 30.2. The molecule has 0 N–H and O–H groups in total. The van der Waals surface area contributed by atoms with Crippen LogP contribution in [0.5, 0.6) is 11.5 Å². The van der Waals surface area contributed by atoms with E-state index in [1.807, 2.05) is 80.7 Å². The number of pyridine rings is 1. The predicted molar refractivity (Wildman–Crippen MR) is 178 cm³/mol. The van der Waals surface area contributed by atoms with Crippen LogP contribution in [0, 0.1) is 12.8 Å². The van der Waals surface area contributed by atoms with Crippen molar-refractivity contribution >= 4 is 28.4 Å². The Labute approximate surface area is 252 Å². The van der Waals surface area contributed by atoms with E-state index in [-0.39, 0.29) is 0 Å². The molecule has 0 amide bonds. The zero-order valence-corrected chi connectivity index (χ0v) is 26.6. The highest BCUT2D eigenvalue weighted by Crippen LogP contribution is 2.24. The Kier molecular flexibility index (Phi) is 14.8. The smallest absolute Gasteiger partial charge is 0.130 e. The molecule has 0 radical (unpaired) electrons. The first kappa shape index (κ1) is 33.6. The molecule has 0 aliphatic rings. The Morgan fingerprint density at radius 1 is 0.902 bits per heavy atom. The van der Waals surface area contributed by atoms with Crippen LogP contribution < -0.4 is 9.47 Å². The molecule has 1 aromatic heterocycles. The van der Waals surface area contributed by atoms with E-state index in [4.69, 9.17) is 21.1 Å². The number of fused-ring (bicyclic) bond motifs is 1. The second-order valence-electron chi connectivity index (χ2n) is 9.77. The Morgan fingerprint density at radius 2 is 1.59 bits per heavy atom. The van der Waals surface area contributed by atoms with Gasteiger partial charge in [-0.1, -0.05) is 108 Å². The third-order valence-electron chi connectivity index (χ3n) is 6.56. The van der Waals surface area contributed by atoms with Gasteiger partial charge in [-0.05, 0) is 78.1 Å². The molecule has 3 aromatic carbocycles. The molecule has 0 saturated carbocycles. The normalized spacial score (nSPS) is 10.8.